The van der Waals surface area contributed by atoms with E-state index in [-0.39, 0.29) is 11.3 Å². The Morgan fingerprint density at radius 2 is 2.04 bits per heavy atom. The molecule has 2 N–H and O–H groups in total. The molecular weight excluding hydrogens is 391 g/mol. The minimum atomic E-state index is -1.83. The fourth-order valence-corrected chi connectivity index (χ4v) is 2.34. The summed E-state index contributed by atoms with van der Waals surface area (Å²) in [6.07, 6.45) is 2.23. The predicted octanol–water partition coefficient (Wildman–Crippen LogP) is 3.21. The van der Waals surface area contributed by atoms with Crippen molar-refractivity contribution in [2.45, 2.75) is 16.5 Å². The highest BCUT2D eigenvalue weighted by atomic mass is 35.6. The number of hydrogen-bond donors (Lipinski definition) is 2. The molecule has 1 atom stereocenters. The van der Waals surface area contributed by atoms with Crippen LogP contribution in [-0.2, 0) is 6.54 Å². The number of benzene rings is 1. The molecule has 25 heavy (non-hydrogen) atoms. The maximum atomic E-state index is 12.3. The molecule has 0 aliphatic carbocycles. The second-order valence-electron chi connectivity index (χ2n) is 5.00. The Balaban J connectivity index is 2.10. The van der Waals surface area contributed by atoms with E-state index in [1.165, 1.54) is 18.2 Å². The number of nitrogens with one attached hydrogen (secondary N) is 2. The molecule has 1 aromatic heterocycles. The number of aromatic nitrogens is 1. The van der Waals surface area contributed by atoms with E-state index in [2.05, 4.69) is 15.6 Å². The monoisotopic (exact) mass is 402 g/mol. The van der Waals surface area contributed by atoms with Crippen LogP contribution in [0.3, 0.4) is 0 Å². The summed E-state index contributed by atoms with van der Waals surface area (Å²) < 4.78 is -1.83. The zero-order valence-electron chi connectivity index (χ0n) is 12.7. The summed E-state index contributed by atoms with van der Waals surface area (Å²) in [5.41, 5.74) is 0.698. The van der Waals surface area contributed by atoms with Crippen LogP contribution in [0.2, 0.25) is 0 Å². The van der Waals surface area contributed by atoms with Gasteiger partial charge < -0.3 is 5.32 Å². The number of nitrogens with zero attached hydrogens (tertiary/aromatic N) is 2. The first-order valence-corrected chi connectivity index (χ1v) is 8.15. The number of hydrogen-bond acceptors (Lipinski definition) is 5. The summed E-state index contributed by atoms with van der Waals surface area (Å²) in [5, 5.41) is 16.2. The first kappa shape index (κ1) is 19.4. The van der Waals surface area contributed by atoms with E-state index in [1.54, 1.807) is 18.5 Å². The molecule has 0 spiro atoms. The van der Waals surface area contributed by atoms with Gasteiger partial charge in [-0.25, -0.2) is 0 Å². The Bertz CT molecular complexity index is 753. The molecule has 2 aromatic rings. The van der Waals surface area contributed by atoms with E-state index in [0.717, 1.165) is 11.6 Å². The summed E-state index contributed by atoms with van der Waals surface area (Å²) in [6.45, 7) is 0.293. The Labute approximate surface area is 158 Å². The normalized spacial score (nSPS) is 12.4. The molecule has 0 bridgehead atoms. The van der Waals surface area contributed by atoms with E-state index in [4.69, 9.17) is 34.8 Å². The van der Waals surface area contributed by atoms with Crippen molar-refractivity contribution < 1.29 is 9.72 Å². The number of rotatable bonds is 6. The lowest BCUT2D eigenvalue weighted by molar-refractivity contribution is -0.384. The van der Waals surface area contributed by atoms with Crippen LogP contribution >= 0.6 is 34.8 Å². The topological polar surface area (TPSA) is 97.2 Å². The van der Waals surface area contributed by atoms with Crippen LogP contribution in [-0.4, -0.2) is 25.8 Å². The molecule has 1 amide bonds. The van der Waals surface area contributed by atoms with Crippen LogP contribution in [0, 0.1) is 10.1 Å². The Hall–Kier alpha value is -1.93. The third-order valence-electron chi connectivity index (χ3n) is 3.16. The van der Waals surface area contributed by atoms with Gasteiger partial charge in [-0.3, -0.25) is 25.2 Å². The molecular formula is C15H13Cl3N4O3. The molecule has 1 heterocycles. The van der Waals surface area contributed by atoms with Crippen molar-refractivity contribution in [3.8, 4) is 0 Å². The molecule has 2 rings (SSSR count). The van der Waals surface area contributed by atoms with Gasteiger partial charge in [-0.15, -0.1) is 0 Å². The third kappa shape index (κ3) is 5.82. The number of carbonyl (C=O) groups excluding carboxylic acids is 1. The summed E-state index contributed by atoms with van der Waals surface area (Å²) in [7, 11) is 0. The number of amides is 1. The van der Waals surface area contributed by atoms with Crippen molar-refractivity contribution >= 4 is 46.4 Å². The van der Waals surface area contributed by atoms with Gasteiger partial charge in [-0.1, -0.05) is 46.9 Å². The minimum Gasteiger partial charge on any atom is -0.333 e. The van der Waals surface area contributed by atoms with E-state index >= 15 is 0 Å². The third-order valence-corrected chi connectivity index (χ3v) is 3.81. The van der Waals surface area contributed by atoms with Crippen LogP contribution < -0.4 is 10.6 Å². The number of halogens is 3. The summed E-state index contributed by atoms with van der Waals surface area (Å²) in [5.74, 6) is -0.612. The van der Waals surface area contributed by atoms with Gasteiger partial charge in [0.2, 0.25) is 3.79 Å². The number of nitro benzene ring substituents is 1. The van der Waals surface area contributed by atoms with Crippen molar-refractivity contribution in [2.75, 3.05) is 0 Å². The molecule has 0 unspecified atom stereocenters. The molecule has 1 aromatic carbocycles. The van der Waals surface area contributed by atoms with Crippen LogP contribution in [0.5, 0.6) is 0 Å². The van der Waals surface area contributed by atoms with Crippen LogP contribution in [0.4, 0.5) is 5.69 Å². The summed E-state index contributed by atoms with van der Waals surface area (Å²) in [6, 6.07) is 8.83. The van der Waals surface area contributed by atoms with Crippen molar-refractivity contribution in [1.82, 2.24) is 15.6 Å². The number of non-ortho nitro benzene ring substituents is 1. The molecule has 0 radical (unpaired) electrons. The minimum absolute atomic E-state index is 0.0802. The lowest BCUT2D eigenvalue weighted by atomic mass is 10.2. The zero-order chi connectivity index (χ0) is 18.4. The maximum absolute atomic E-state index is 12.3. The highest BCUT2D eigenvalue weighted by molar-refractivity contribution is 6.68. The van der Waals surface area contributed by atoms with Gasteiger partial charge in [-0.05, 0) is 17.7 Å². The van der Waals surface area contributed by atoms with Crippen LogP contribution in [0.25, 0.3) is 0 Å². The van der Waals surface area contributed by atoms with Crippen molar-refractivity contribution in [2.24, 2.45) is 0 Å². The molecule has 0 saturated heterocycles. The molecule has 0 aliphatic rings. The Kier molecular flexibility index (Phi) is 6.55. The van der Waals surface area contributed by atoms with E-state index in [9.17, 15) is 14.9 Å². The van der Waals surface area contributed by atoms with Crippen LogP contribution in [0.1, 0.15) is 15.9 Å². The van der Waals surface area contributed by atoms with E-state index in [1.807, 2.05) is 6.07 Å². The van der Waals surface area contributed by atoms with Gasteiger partial charge >= 0.3 is 0 Å². The number of alkyl halides is 3. The fraction of sp³-hybridized carbons (Fsp3) is 0.200. The van der Waals surface area contributed by atoms with E-state index < -0.39 is 20.8 Å². The van der Waals surface area contributed by atoms with Crippen LogP contribution in [0.15, 0.2) is 48.8 Å². The molecule has 10 heteroatoms. The quantitative estimate of drug-likeness (QED) is 0.334. The highest BCUT2D eigenvalue weighted by Gasteiger charge is 2.34. The van der Waals surface area contributed by atoms with Crippen molar-refractivity contribution in [3.05, 3.63) is 70.0 Å². The first-order valence-electron chi connectivity index (χ1n) is 7.01. The van der Waals surface area contributed by atoms with Gasteiger partial charge in [0.1, 0.15) is 6.17 Å². The Morgan fingerprint density at radius 1 is 1.28 bits per heavy atom. The number of nitro groups is 1. The van der Waals surface area contributed by atoms with E-state index in [0.29, 0.717) is 6.54 Å². The van der Waals surface area contributed by atoms with Gasteiger partial charge in [0.15, 0.2) is 0 Å². The van der Waals surface area contributed by atoms with Gasteiger partial charge in [0, 0.05) is 36.6 Å². The molecule has 132 valence electrons. The second kappa shape index (κ2) is 8.44. The fourth-order valence-electron chi connectivity index (χ4n) is 1.95. The molecule has 0 fully saturated rings. The van der Waals surface area contributed by atoms with Crippen molar-refractivity contribution in [1.29, 1.82) is 0 Å². The lowest BCUT2D eigenvalue weighted by Crippen LogP contribution is -2.53. The van der Waals surface area contributed by atoms with Gasteiger partial charge in [0.05, 0.1) is 4.92 Å². The summed E-state index contributed by atoms with van der Waals surface area (Å²) >= 11 is 17.7. The molecule has 0 saturated carbocycles. The van der Waals surface area contributed by atoms with Gasteiger partial charge in [0.25, 0.3) is 11.6 Å². The Morgan fingerprint density at radius 3 is 2.64 bits per heavy atom. The summed E-state index contributed by atoms with van der Waals surface area (Å²) in [4.78, 5) is 26.5. The largest absolute Gasteiger partial charge is 0.333 e. The zero-order valence-corrected chi connectivity index (χ0v) is 14.9. The average Bonchev–Trinajstić information content (AvgIpc) is 2.58. The first-order chi connectivity index (χ1) is 11.8. The standard InChI is InChI=1S/C15H13Cl3N4O3/c16-15(17,18)14(20-9-10-3-2-6-19-8-10)21-13(23)11-4-1-5-12(7-11)22(24)25/h1-8,14,20H,9H2,(H,21,23)/t14-/m1/s1. The maximum Gasteiger partial charge on any atom is 0.270 e. The highest BCUT2D eigenvalue weighted by Crippen LogP contribution is 2.29. The van der Waals surface area contributed by atoms with Crippen molar-refractivity contribution in [3.63, 3.8) is 0 Å². The molecule has 0 aliphatic heterocycles. The number of carbonyl (C=O) groups is 1. The SMILES string of the molecule is O=C(N[C@@H](NCc1cccnc1)C(Cl)(Cl)Cl)c1cccc([N+](=O)[O-])c1. The average molecular weight is 404 g/mol. The smallest absolute Gasteiger partial charge is 0.270 e. The lowest BCUT2D eigenvalue weighted by Gasteiger charge is -2.26. The second-order valence-corrected chi connectivity index (χ2v) is 7.37. The predicted molar refractivity (Wildman–Crippen MR) is 95.7 cm³/mol. The number of pyridine rings is 1. The molecule has 7 nitrogen and oxygen atoms in total. The van der Waals surface area contributed by atoms with Gasteiger partial charge in [-0.2, -0.15) is 0 Å².